The lowest BCUT2D eigenvalue weighted by Crippen LogP contribution is -2.92. The van der Waals surface area contributed by atoms with Gasteiger partial charge < -0.3 is 29.6 Å². The number of nitro groups is 1. The number of nitrogens with zero attached hydrogens (tertiary/aromatic N) is 4. The molecule has 20 radical (unpaired) electrons. The van der Waals surface area contributed by atoms with Gasteiger partial charge in [0, 0.05) is 59.1 Å². The average Bonchev–Trinajstić information content (AvgIpc) is 3.76. The third-order valence-corrected chi connectivity index (χ3v) is 14.4. The van der Waals surface area contributed by atoms with E-state index in [1.54, 1.807) is 24.4 Å². The van der Waals surface area contributed by atoms with Crippen molar-refractivity contribution in [3.63, 3.8) is 0 Å². The summed E-state index contributed by atoms with van der Waals surface area (Å²) in [6.45, 7) is 5.32. The maximum Gasteiger partial charge on any atom is 0.293 e. The van der Waals surface area contributed by atoms with Crippen molar-refractivity contribution in [3.8, 4) is 11.5 Å². The number of H-pyrrole nitrogens is 1. The van der Waals surface area contributed by atoms with Gasteiger partial charge in [-0.25, -0.2) is 4.98 Å². The number of nitrogens with one attached hydrogen (secondary N) is 3. The Hall–Kier alpha value is -4.43. The number of carbonyl (C=O) groups excluding carboxylic acids is 1. The van der Waals surface area contributed by atoms with Gasteiger partial charge in [0.1, 0.15) is 22.8 Å². The summed E-state index contributed by atoms with van der Waals surface area (Å²) in [6.07, 6.45) is 6.50. The van der Waals surface area contributed by atoms with Crippen LogP contribution in [-0.2, 0) is 4.74 Å². The molecule has 12 nitrogen and oxygen atoms in total. The number of hydrogen-bond donors (Lipinski definition) is 3. The van der Waals surface area contributed by atoms with Crippen molar-refractivity contribution >= 4 is 142 Å². The number of anilines is 2. The molecule has 0 bridgehead atoms. The van der Waals surface area contributed by atoms with Gasteiger partial charge in [-0.15, -0.1) is 0 Å². The number of hydrogen-bond acceptors (Lipinski definition) is 10. The number of allylic oxidation sites excluding steroid dienone is 1. The lowest BCUT2D eigenvalue weighted by molar-refractivity contribution is -0.384. The highest BCUT2D eigenvalue weighted by molar-refractivity contribution is 7.98. The Morgan fingerprint density at radius 2 is 1.64 bits per heavy atom. The minimum Gasteiger partial charge on any atom is -0.455 e. The van der Waals surface area contributed by atoms with Crippen molar-refractivity contribution in [1.82, 2.24) is 19.6 Å². The number of ether oxygens (including phenoxy) is 2. The maximum absolute atomic E-state index is 14.2. The van der Waals surface area contributed by atoms with Crippen molar-refractivity contribution in [2.24, 2.45) is 11.3 Å². The molecule has 3 N–H and O–H groups in total. The summed E-state index contributed by atoms with van der Waals surface area (Å²) in [5.41, 5.74) is 3.30. The number of fused-ring (bicyclic) bond motifs is 1. The molecule has 24 heteroatoms. The summed E-state index contributed by atoms with van der Waals surface area (Å²) in [5.74, 6) is -0.691. The molecule has 3 aliphatic rings. The highest BCUT2D eigenvalue weighted by Crippen LogP contribution is 2.49. The van der Waals surface area contributed by atoms with Gasteiger partial charge in [0.2, 0.25) is 0 Å². The molecule has 1 aliphatic carbocycles. The number of aromatic nitrogens is 2. The molecular weight excluding hydrogens is 894 g/mol. The van der Waals surface area contributed by atoms with Crippen LogP contribution >= 0.6 is 23.5 Å². The van der Waals surface area contributed by atoms with Crippen LogP contribution in [0.2, 0.25) is 5.02 Å². The first-order valence-corrected chi connectivity index (χ1v) is 23.3. The van der Waals surface area contributed by atoms with E-state index in [2.05, 4.69) is 33.9 Å². The second-order valence-corrected chi connectivity index (χ2v) is 20.3. The molecule has 0 unspecified atom stereocenters. The summed E-state index contributed by atoms with van der Waals surface area (Å²) in [5, 5.41) is 5.93. The smallest absolute Gasteiger partial charge is 0.293 e. The summed E-state index contributed by atoms with van der Waals surface area (Å²) in [6, 6.07) is 19.6. The SMILES string of the molecule is [B]C([B])(Nc1ccc(SNC(=O)c2ccc(N3C([B])([B])C([B])([B])N(CC4=C(c5ccc(Cl)cc5)CC(C)(C)CC4)C([B])([B])C3([B])[B])cc2Oc2cnc3[nH]ccc3c2)cc1[N+](=O)[O-])C1CCOCC1. The van der Waals surface area contributed by atoms with E-state index in [0.29, 0.717) is 59.8 Å². The fraction of sp³-hybridized carbons (Fsp3) is 0.378. The maximum atomic E-state index is 14.2. The van der Waals surface area contributed by atoms with Crippen molar-refractivity contribution in [1.29, 1.82) is 0 Å². The van der Waals surface area contributed by atoms with Gasteiger partial charge >= 0.3 is 0 Å². The molecule has 3 aromatic carbocycles. The second kappa shape index (κ2) is 19.0. The fourth-order valence-electron chi connectivity index (χ4n) is 9.27. The molecule has 2 saturated heterocycles. The van der Waals surface area contributed by atoms with E-state index in [9.17, 15) is 14.9 Å². The van der Waals surface area contributed by atoms with E-state index >= 15 is 0 Å². The number of pyridine rings is 1. The molecule has 2 aliphatic heterocycles. The van der Waals surface area contributed by atoms with Crippen LogP contribution < -0.4 is 19.7 Å². The molecule has 4 heterocycles. The van der Waals surface area contributed by atoms with E-state index in [1.807, 2.05) is 24.3 Å². The van der Waals surface area contributed by atoms with Crippen molar-refractivity contribution < 1.29 is 19.2 Å². The molecule has 328 valence electrons. The van der Waals surface area contributed by atoms with Gasteiger partial charge in [0.15, 0.2) is 0 Å². The normalized spacial score (nSPS) is 20.0. The van der Waals surface area contributed by atoms with Crippen LogP contribution in [-0.4, -0.2) is 151 Å². The Labute approximate surface area is 425 Å². The molecule has 0 saturated carbocycles. The Balaban J connectivity index is 1.12. The van der Waals surface area contributed by atoms with Gasteiger partial charge in [-0.1, -0.05) is 43.2 Å². The molecule has 8 rings (SSSR count). The largest absolute Gasteiger partial charge is 0.455 e. The first kappa shape index (κ1) is 50.9. The molecule has 0 atom stereocenters. The van der Waals surface area contributed by atoms with Crippen molar-refractivity contribution in [2.75, 3.05) is 30.0 Å². The zero-order valence-corrected chi connectivity index (χ0v) is 39.8. The van der Waals surface area contributed by atoms with Crippen LogP contribution in [0.15, 0.2) is 95.7 Å². The minimum absolute atomic E-state index is 0.00649. The van der Waals surface area contributed by atoms with Gasteiger partial charge in [-0.2, -0.15) is 0 Å². The van der Waals surface area contributed by atoms with Gasteiger partial charge in [-0.3, -0.25) is 19.6 Å². The molecule has 2 aromatic heterocycles. The summed E-state index contributed by atoms with van der Waals surface area (Å²) >= 11 is 7.08. The molecule has 69 heavy (non-hydrogen) atoms. The molecular formula is C45H40B10ClN7O5S. The number of benzene rings is 3. The van der Waals surface area contributed by atoms with Crippen LogP contribution in [0.5, 0.6) is 11.5 Å². The van der Waals surface area contributed by atoms with E-state index in [-0.39, 0.29) is 52.0 Å². The predicted octanol–water partition coefficient (Wildman–Crippen LogP) is 4.93. The van der Waals surface area contributed by atoms with Crippen LogP contribution in [0.4, 0.5) is 17.1 Å². The number of halogens is 1. The molecule has 1 amide bonds. The molecule has 5 aromatic rings. The zero-order chi connectivity index (χ0) is 49.9. The van der Waals surface area contributed by atoms with Crippen LogP contribution in [0, 0.1) is 21.4 Å². The lowest BCUT2D eigenvalue weighted by atomic mass is 9.26. The highest BCUT2D eigenvalue weighted by Gasteiger charge is 2.60. The highest BCUT2D eigenvalue weighted by atomic mass is 35.5. The molecule has 0 spiro atoms. The van der Waals surface area contributed by atoms with Crippen LogP contribution in [0.25, 0.3) is 16.6 Å². The standard InChI is InChI=1S/C45H40B10ClN7O5S/c1-40(2)15-11-27(34(22-40)25-3-5-29(56)6-4-25)24-61-42(48,49)44(52,53)62(45(54,55)43(61,50)51)30-7-9-33(37(20-30)68-31-19-26-12-16-57-38(26)58-23-31)39(64)60-69-32-8-10-35(36(21-32)63(65)66)59-41(46,47)28-13-17-67-18-14-28/h3-10,12,16,19-21,23,28,59H,11,13-15,17-18,22,24H2,1-2H3,(H,57,58)(H,60,64). The number of carbonyl (C=O) groups is 1. The quantitative estimate of drug-likeness (QED) is 0.0646. The Morgan fingerprint density at radius 3 is 2.30 bits per heavy atom. The average molecular weight is 934 g/mol. The third kappa shape index (κ3) is 9.96. The molecule has 2 fully saturated rings. The number of aromatic amines is 1. The number of amides is 1. The minimum atomic E-state index is -2.33. The second-order valence-electron chi connectivity index (χ2n) is 18.9. The number of rotatable bonds is 13. The van der Waals surface area contributed by atoms with Crippen LogP contribution in [0.1, 0.15) is 61.9 Å². The Kier molecular flexibility index (Phi) is 14.0. The zero-order valence-electron chi connectivity index (χ0n) is 38.2. The van der Waals surface area contributed by atoms with Gasteiger partial charge in [0.05, 0.1) is 95.1 Å². The van der Waals surface area contributed by atoms with Crippen LogP contribution in [0.3, 0.4) is 0 Å². The number of nitro benzene ring substituents is 1. The fourth-order valence-corrected chi connectivity index (χ4v) is 10.0. The third-order valence-electron chi connectivity index (χ3n) is 13.4. The topological polar surface area (TPSA) is 138 Å². The predicted molar refractivity (Wildman–Crippen MR) is 283 cm³/mol. The van der Waals surface area contributed by atoms with E-state index in [4.69, 9.17) is 99.5 Å². The van der Waals surface area contributed by atoms with Gasteiger partial charge in [-0.05, 0) is 142 Å². The first-order valence-electron chi connectivity index (χ1n) is 22.1. The Bertz CT molecular complexity index is 2780. The monoisotopic (exact) mass is 935 g/mol. The lowest BCUT2D eigenvalue weighted by Gasteiger charge is -2.76. The van der Waals surface area contributed by atoms with E-state index in [1.165, 1.54) is 41.4 Å². The Morgan fingerprint density at radius 1 is 0.957 bits per heavy atom. The van der Waals surface area contributed by atoms with E-state index in [0.717, 1.165) is 40.0 Å². The summed E-state index contributed by atoms with van der Waals surface area (Å²) in [7, 11) is 68.9. The van der Waals surface area contributed by atoms with Gasteiger partial charge in [0.25, 0.3) is 11.6 Å². The summed E-state index contributed by atoms with van der Waals surface area (Å²) < 4.78 is 14.5. The number of piperazine rings is 1. The summed E-state index contributed by atoms with van der Waals surface area (Å²) in [4.78, 5) is 36.1. The van der Waals surface area contributed by atoms with Crippen molar-refractivity contribution in [2.45, 2.75) is 77.5 Å². The first-order chi connectivity index (χ1) is 32.3. The van der Waals surface area contributed by atoms with Crippen molar-refractivity contribution in [3.05, 3.63) is 117 Å². The van der Waals surface area contributed by atoms with E-state index < -0.39 is 37.5 Å².